The second-order valence-electron chi connectivity index (χ2n) is 4.34. The Hall–Kier alpha value is -1.86. The van der Waals surface area contributed by atoms with Crippen LogP contribution < -0.4 is 0 Å². The van der Waals surface area contributed by atoms with E-state index >= 15 is 0 Å². The van der Waals surface area contributed by atoms with Crippen molar-refractivity contribution in [3.8, 4) is 0 Å². The second-order valence-corrected chi connectivity index (χ2v) is 5.58. The fourth-order valence-electron chi connectivity index (χ4n) is 2.00. The maximum atomic E-state index is 10.3. The van der Waals surface area contributed by atoms with Crippen molar-refractivity contribution in [1.29, 1.82) is 0 Å². The van der Waals surface area contributed by atoms with Crippen LogP contribution in [-0.4, -0.2) is 27.9 Å². The summed E-state index contributed by atoms with van der Waals surface area (Å²) in [7, 11) is 0. The van der Waals surface area contributed by atoms with Crippen molar-refractivity contribution >= 4 is 17.7 Å². The molecule has 0 saturated carbocycles. The number of aromatic nitrogens is 2. The van der Waals surface area contributed by atoms with Gasteiger partial charge in [-0.15, -0.1) is 22.0 Å². The highest BCUT2D eigenvalue weighted by Gasteiger charge is 2.27. The number of nitrogens with zero attached hydrogens (tertiary/aromatic N) is 2. The van der Waals surface area contributed by atoms with Crippen LogP contribution in [0.3, 0.4) is 0 Å². The fraction of sp³-hybridized carbons (Fsp3) is 0.308. The topological polar surface area (TPSA) is 85.5 Å². The van der Waals surface area contributed by atoms with E-state index in [9.17, 15) is 4.79 Å². The van der Waals surface area contributed by atoms with Crippen LogP contribution in [0, 0.1) is 0 Å². The first-order valence-corrected chi connectivity index (χ1v) is 6.96. The molecule has 0 saturated heterocycles. The minimum atomic E-state index is -1.02. The number of ether oxygens (including phenoxy) is 1. The Morgan fingerprint density at radius 3 is 3.10 bits per heavy atom. The summed E-state index contributed by atoms with van der Waals surface area (Å²) in [6.45, 7) is -0.356. The zero-order chi connectivity index (χ0) is 13.9. The highest BCUT2D eigenvalue weighted by atomic mass is 32.2. The zero-order valence-corrected chi connectivity index (χ0v) is 11.3. The Morgan fingerprint density at radius 1 is 1.45 bits per heavy atom. The average molecular weight is 292 g/mol. The molecule has 2 heterocycles. The standard InChI is InChI=1S/C13H12N2O4S/c16-12(17)7-18-6-11-14-15-13(19-11)10-5-8-3-1-2-4-9(8)20-10/h1-4,10H,5-7H2,(H,16,17). The molecule has 0 radical (unpaired) electrons. The quantitative estimate of drug-likeness (QED) is 0.902. The van der Waals surface area contributed by atoms with Crippen LogP contribution >= 0.6 is 11.8 Å². The van der Waals surface area contributed by atoms with Crippen LogP contribution in [0.4, 0.5) is 0 Å². The molecule has 0 spiro atoms. The van der Waals surface area contributed by atoms with E-state index in [1.807, 2.05) is 12.1 Å². The lowest BCUT2D eigenvalue weighted by atomic mass is 10.1. The van der Waals surface area contributed by atoms with Gasteiger partial charge in [0.1, 0.15) is 13.2 Å². The molecule has 0 bridgehead atoms. The van der Waals surface area contributed by atoms with Gasteiger partial charge in [-0.3, -0.25) is 0 Å². The number of carboxylic acid groups (broad SMARTS) is 1. The van der Waals surface area contributed by atoms with Crippen molar-refractivity contribution in [3.63, 3.8) is 0 Å². The van der Waals surface area contributed by atoms with E-state index in [0.29, 0.717) is 11.8 Å². The van der Waals surface area contributed by atoms with Crippen LogP contribution in [0.2, 0.25) is 0 Å². The Bertz CT molecular complexity index is 603. The summed E-state index contributed by atoms with van der Waals surface area (Å²) in [5.41, 5.74) is 1.28. The van der Waals surface area contributed by atoms with E-state index < -0.39 is 5.97 Å². The van der Waals surface area contributed by atoms with Crippen molar-refractivity contribution in [3.05, 3.63) is 41.6 Å². The number of carbonyl (C=O) groups is 1. The lowest BCUT2D eigenvalue weighted by Gasteiger charge is -2.00. The normalized spacial score (nSPS) is 17.1. The molecule has 2 aromatic rings. The van der Waals surface area contributed by atoms with Crippen LogP contribution in [-0.2, 0) is 22.6 Å². The van der Waals surface area contributed by atoms with Crippen molar-refractivity contribution in [2.24, 2.45) is 0 Å². The van der Waals surface area contributed by atoms with Crippen molar-refractivity contribution < 1.29 is 19.1 Å². The Balaban J connectivity index is 1.62. The molecule has 0 fully saturated rings. The molecule has 1 atom stereocenters. The minimum Gasteiger partial charge on any atom is -0.480 e. The molecule has 1 aliphatic rings. The highest BCUT2D eigenvalue weighted by Crippen LogP contribution is 2.45. The van der Waals surface area contributed by atoms with Crippen molar-refractivity contribution in [1.82, 2.24) is 10.2 Å². The van der Waals surface area contributed by atoms with E-state index in [2.05, 4.69) is 22.3 Å². The number of carboxylic acids is 1. The van der Waals surface area contributed by atoms with Gasteiger partial charge < -0.3 is 14.3 Å². The van der Waals surface area contributed by atoms with Gasteiger partial charge in [-0.1, -0.05) is 18.2 Å². The van der Waals surface area contributed by atoms with Crippen LogP contribution in [0.5, 0.6) is 0 Å². The molecule has 1 aliphatic heterocycles. The summed E-state index contributed by atoms with van der Waals surface area (Å²) in [6.07, 6.45) is 0.860. The lowest BCUT2D eigenvalue weighted by molar-refractivity contribution is -0.142. The van der Waals surface area contributed by atoms with Gasteiger partial charge in [-0.2, -0.15) is 0 Å². The molecule has 1 N–H and O–H groups in total. The van der Waals surface area contributed by atoms with Gasteiger partial charge in [-0.25, -0.2) is 4.79 Å². The minimum absolute atomic E-state index is 0.0175. The van der Waals surface area contributed by atoms with Crippen molar-refractivity contribution in [2.75, 3.05) is 6.61 Å². The van der Waals surface area contributed by atoms with Gasteiger partial charge in [0, 0.05) is 4.90 Å². The summed E-state index contributed by atoms with van der Waals surface area (Å²) in [4.78, 5) is 11.6. The van der Waals surface area contributed by atoms with E-state index in [4.69, 9.17) is 14.3 Å². The number of benzene rings is 1. The first-order valence-electron chi connectivity index (χ1n) is 6.09. The molecular formula is C13H12N2O4S. The molecule has 6 nitrogen and oxygen atoms in total. The van der Waals surface area contributed by atoms with E-state index in [1.165, 1.54) is 10.5 Å². The van der Waals surface area contributed by atoms with Gasteiger partial charge in [0.25, 0.3) is 0 Å². The Kier molecular flexibility index (Phi) is 3.70. The largest absolute Gasteiger partial charge is 0.480 e. The van der Waals surface area contributed by atoms with Gasteiger partial charge in [0.05, 0.1) is 5.25 Å². The molecule has 20 heavy (non-hydrogen) atoms. The van der Waals surface area contributed by atoms with Gasteiger partial charge in [0.2, 0.25) is 11.8 Å². The van der Waals surface area contributed by atoms with Crippen LogP contribution in [0.25, 0.3) is 0 Å². The Labute approximate surface area is 119 Å². The molecule has 1 unspecified atom stereocenters. The van der Waals surface area contributed by atoms with Crippen LogP contribution in [0.15, 0.2) is 33.6 Å². The van der Waals surface area contributed by atoms with E-state index in [1.54, 1.807) is 11.8 Å². The molecule has 7 heteroatoms. The number of rotatable bonds is 5. The Morgan fingerprint density at radius 2 is 2.30 bits per heavy atom. The highest BCUT2D eigenvalue weighted by molar-refractivity contribution is 7.99. The summed E-state index contributed by atoms with van der Waals surface area (Å²) in [5.74, 6) is -0.163. The molecule has 0 amide bonds. The van der Waals surface area contributed by atoms with Crippen LogP contribution in [0.1, 0.15) is 22.6 Å². The smallest absolute Gasteiger partial charge is 0.329 e. The third kappa shape index (κ3) is 2.83. The number of hydrogen-bond acceptors (Lipinski definition) is 6. The van der Waals surface area contributed by atoms with E-state index in [0.717, 1.165) is 6.42 Å². The first-order chi connectivity index (χ1) is 9.72. The first kappa shape index (κ1) is 13.1. The van der Waals surface area contributed by atoms with Gasteiger partial charge in [-0.05, 0) is 18.1 Å². The molecular weight excluding hydrogens is 280 g/mol. The maximum Gasteiger partial charge on any atom is 0.329 e. The fourth-order valence-corrected chi connectivity index (χ4v) is 3.23. The van der Waals surface area contributed by atoms with Gasteiger partial charge in [0.15, 0.2) is 0 Å². The summed E-state index contributed by atoms with van der Waals surface area (Å²) >= 11 is 1.70. The summed E-state index contributed by atoms with van der Waals surface area (Å²) in [6, 6.07) is 8.19. The third-order valence-corrected chi connectivity index (χ3v) is 4.16. The SMILES string of the molecule is O=C(O)COCc1nnc(C2Cc3ccccc3S2)o1. The predicted octanol–water partition coefficient (Wildman–Crippen LogP) is 2.06. The lowest BCUT2D eigenvalue weighted by Crippen LogP contribution is -2.06. The predicted molar refractivity (Wildman–Crippen MR) is 70.3 cm³/mol. The molecule has 1 aromatic carbocycles. The third-order valence-electron chi connectivity index (χ3n) is 2.86. The number of hydrogen-bond donors (Lipinski definition) is 1. The van der Waals surface area contributed by atoms with Gasteiger partial charge >= 0.3 is 5.97 Å². The number of aliphatic carboxylic acids is 1. The second kappa shape index (κ2) is 5.64. The number of fused-ring (bicyclic) bond motifs is 1. The average Bonchev–Trinajstić information content (AvgIpc) is 3.03. The monoisotopic (exact) mass is 292 g/mol. The molecule has 3 rings (SSSR count). The maximum absolute atomic E-state index is 10.3. The summed E-state index contributed by atoms with van der Waals surface area (Å²) in [5, 5.41) is 16.5. The number of thioether (sulfide) groups is 1. The molecule has 104 valence electrons. The molecule has 0 aliphatic carbocycles. The summed E-state index contributed by atoms with van der Waals surface area (Å²) < 4.78 is 10.4. The molecule has 1 aromatic heterocycles. The zero-order valence-electron chi connectivity index (χ0n) is 10.5. The van der Waals surface area contributed by atoms with Crippen molar-refractivity contribution in [2.45, 2.75) is 23.2 Å². The van der Waals surface area contributed by atoms with E-state index in [-0.39, 0.29) is 18.5 Å².